The molecule has 3 heteroatoms. The minimum atomic E-state index is -0.210. The van der Waals surface area contributed by atoms with Gasteiger partial charge in [0.2, 0.25) is 0 Å². The van der Waals surface area contributed by atoms with Crippen molar-refractivity contribution >= 4 is 10.9 Å². The Balaban J connectivity index is 2.00. The average Bonchev–Trinajstić information content (AvgIpc) is 2.93. The van der Waals surface area contributed by atoms with E-state index in [0.29, 0.717) is 0 Å². The fourth-order valence-electron chi connectivity index (χ4n) is 2.90. The van der Waals surface area contributed by atoms with Crippen LogP contribution in [-0.4, -0.2) is 12.1 Å². The summed E-state index contributed by atoms with van der Waals surface area (Å²) >= 11 is 0. The van der Waals surface area contributed by atoms with Gasteiger partial charge < -0.3 is 9.72 Å². The van der Waals surface area contributed by atoms with Crippen molar-refractivity contribution in [1.82, 2.24) is 4.98 Å². The van der Waals surface area contributed by atoms with Crippen LogP contribution in [0, 0.1) is 5.82 Å². The predicted molar refractivity (Wildman–Crippen MR) is 73.1 cm³/mol. The maximum absolute atomic E-state index is 13.3. The smallest absolute Gasteiger partial charge is 0.125 e. The second kappa shape index (κ2) is 3.60. The highest BCUT2D eigenvalue weighted by Gasteiger charge is 2.23. The van der Waals surface area contributed by atoms with Crippen LogP contribution in [0.15, 0.2) is 36.4 Å². The Kier molecular flexibility index (Phi) is 2.01. The van der Waals surface area contributed by atoms with Gasteiger partial charge in [-0.1, -0.05) is 6.07 Å². The Morgan fingerprint density at radius 3 is 2.89 bits per heavy atom. The molecule has 2 nitrogen and oxygen atoms in total. The van der Waals surface area contributed by atoms with Gasteiger partial charge >= 0.3 is 0 Å². The molecule has 0 aliphatic heterocycles. The number of benzene rings is 2. The molecule has 1 aliphatic rings. The molecule has 3 aromatic rings. The van der Waals surface area contributed by atoms with Crippen LogP contribution in [0.1, 0.15) is 11.1 Å². The summed E-state index contributed by atoms with van der Waals surface area (Å²) in [7, 11) is 1.66. The molecule has 2 aromatic carbocycles. The van der Waals surface area contributed by atoms with E-state index in [1.54, 1.807) is 13.2 Å². The van der Waals surface area contributed by atoms with Crippen molar-refractivity contribution in [2.24, 2.45) is 0 Å². The van der Waals surface area contributed by atoms with E-state index in [1.165, 1.54) is 17.2 Å². The molecule has 0 saturated heterocycles. The van der Waals surface area contributed by atoms with E-state index in [2.05, 4.69) is 11.1 Å². The van der Waals surface area contributed by atoms with Crippen LogP contribution in [0.25, 0.3) is 22.2 Å². The molecule has 4 rings (SSSR count). The van der Waals surface area contributed by atoms with Crippen LogP contribution in [0.4, 0.5) is 4.39 Å². The third kappa shape index (κ3) is 1.41. The lowest BCUT2D eigenvalue weighted by Gasteiger charge is -2.03. The van der Waals surface area contributed by atoms with Gasteiger partial charge in [-0.15, -0.1) is 0 Å². The monoisotopic (exact) mass is 253 g/mol. The second-order valence-corrected chi connectivity index (χ2v) is 4.87. The van der Waals surface area contributed by atoms with Crippen molar-refractivity contribution in [3.8, 4) is 17.0 Å². The number of halogens is 1. The molecule has 0 unspecified atom stereocenters. The molecule has 0 spiro atoms. The Hall–Kier alpha value is -2.29. The highest BCUT2D eigenvalue weighted by molar-refractivity contribution is 5.94. The number of rotatable bonds is 1. The molecule has 19 heavy (non-hydrogen) atoms. The lowest BCUT2D eigenvalue weighted by molar-refractivity contribution is 0.415. The van der Waals surface area contributed by atoms with Crippen molar-refractivity contribution in [3.05, 3.63) is 53.3 Å². The SMILES string of the molecule is COc1ccc2c(c1)-c1[nH]c3cc(F)ccc3c1C2. The molecule has 0 saturated carbocycles. The van der Waals surface area contributed by atoms with Gasteiger partial charge in [0, 0.05) is 22.9 Å². The first-order valence-corrected chi connectivity index (χ1v) is 6.23. The molecule has 1 N–H and O–H groups in total. The van der Waals surface area contributed by atoms with E-state index in [-0.39, 0.29) is 5.82 Å². The van der Waals surface area contributed by atoms with Gasteiger partial charge in [0.1, 0.15) is 11.6 Å². The van der Waals surface area contributed by atoms with E-state index in [9.17, 15) is 4.39 Å². The average molecular weight is 253 g/mol. The van der Waals surface area contributed by atoms with E-state index in [1.807, 2.05) is 18.2 Å². The molecule has 0 bridgehead atoms. The standard InChI is InChI=1S/C16H12FNO/c1-19-11-4-2-9-6-14-12-5-3-10(17)7-15(12)18-16(14)13(9)8-11/h2-5,7-8,18H,6H2,1H3. The second-order valence-electron chi connectivity index (χ2n) is 4.87. The first kappa shape index (κ1) is 10.6. The third-order valence-corrected chi connectivity index (χ3v) is 3.82. The largest absolute Gasteiger partial charge is 0.497 e. The number of aromatic amines is 1. The Morgan fingerprint density at radius 1 is 1.16 bits per heavy atom. The quantitative estimate of drug-likeness (QED) is 0.547. The summed E-state index contributed by atoms with van der Waals surface area (Å²) in [6.07, 6.45) is 0.889. The molecular formula is C16H12FNO. The lowest BCUT2D eigenvalue weighted by Crippen LogP contribution is -1.86. The van der Waals surface area contributed by atoms with Crippen LogP contribution in [0.5, 0.6) is 5.75 Å². The van der Waals surface area contributed by atoms with Gasteiger partial charge in [0.25, 0.3) is 0 Å². The van der Waals surface area contributed by atoms with E-state index >= 15 is 0 Å². The van der Waals surface area contributed by atoms with Crippen LogP contribution >= 0.6 is 0 Å². The molecule has 1 aromatic heterocycles. The number of nitrogens with one attached hydrogen (secondary N) is 1. The summed E-state index contributed by atoms with van der Waals surface area (Å²) in [5, 5.41) is 1.10. The fraction of sp³-hybridized carbons (Fsp3) is 0.125. The molecular weight excluding hydrogens is 241 g/mol. The van der Waals surface area contributed by atoms with E-state index in [0.717, 1.165) is 34.3 Å². The Labute approximate surface area is 109 Å². The van der Waals surface area contributed by atoms with Crippen LogP contribution in [0.3, 0.4) is 0 Å². The zero-order chi connectivity index (χ0) is 13.0. The van der Waals surface area contributed by atoms with Crippen LogP contribution in [0.2, 0.25) is 0 Å². The minimum absolute atomic E-state index is 0.210. The summed E-state index contributed by atoms with van der Waals surface area (Å²) in [6, 6.07) is 11.0. The summed E-state index contributed by atoms with van der Waals surface area (Å²) in [5.41, 5.74) is 5.64. The number of H-pyrrole nitrogens is 1. The van der Waals surface area contributed by atoms with Gasteiger partial charge in [-0.25, -0.2) is 4.39 Å². The van der Waals surface area contributed by atoms with Gasteiger partial charge in [-0.2, -0.15) is 0 Å². The third-order valence-electron chi connectivity index (χ3n) is 3.82. The van der Waals surface area contributed by atoms with Crippen LogP contribution < -0.4 is 4.74 Å². The molecule has 0 fully saturated rings. The molecule has 0 amide bonds. The highest BCUT2D eigenvalue weighted by Crippen LogP contribution is 2.41. The summed E-state index contributed by atoms with van der Waals surface area (Å²) in [6.45, 7) is 0. The summed E-state index contributed by atoms with van der Waals surface area (Å²) in [5.74, 6) is 0.634. The van der Waals surface area contributed by atoms with Gasteiger partial charge in [0.15, 0.2) is 0 Å². The van der Waals surface area contributed by atoms with E-state index < -0.39 is 0 Å². The molecule has 0 atom stereocenters. The molecule has 0 radical (unpaired) electrons. The number of fused-ring (bicyclic) bond motifs is 5. The Morgan fingerprint density at radius 2 is 2.05 bits per heavy atom. The molecule has 1 heterocycles. The Bertz CT molecular complexity index is 804. The number of hydrogen-bond acceptors (Lipinski definition) is 1. The zero-order valence-electron chi connectivity index (χ0n) is 10.5. The van der Waals surface area contributed by atoms with Gasteiger partial charge in [-0.3, -0.25) is 0 Å². The predicted octanol–water partition coefficient (Wildman–Crippen LogP) is 3.89. The maximum Gasteiger partial charge on any atom is 0.125 e. The van der Waals surface area contributed by atoms with Crippen molar-refractivity contribution in [3.63, 3.8) is 0 Å². The number of methoxy groups -OCH3 is 1. The molecule has 94 valence electrons. The van der Waals surface area contributed by atoms with Crippen LogP contribution in [-0.2, 0) is 6.42 Å². The summed E-state index contributed by atoms with van der Waals surface area (Å²) in [4.78, 5) is 3.33. The maximum atomic E-state index is 13.3. The van der Waals surface area contributed by atoms with Gasteiger partial charge in [-0.05, 0) is 41.5 Å². The van der Waals surface area contributed by atoms with Crippen molar-refractivity contribution in [1.29, 1.82) is 0 Å². The first-order valence-electron chi connectivity index (χ1n) is 6.23. The van der Waals surface area contributed by atoms with Crippen molar-refractivity contribution in [2.75, 3.05) is 7.11 Å². The zero-order valence-corrected chi connectivity index (χ0v) is 10.5. The van der Waals surface area contributed by atoms with E-state index in [4.69, 9.17) is 4.74 Å². The van der Waals surface area contributed by atoms with Gasteiger partial charge in [0.05, 0.1) is 12.8 Å². The highest BCUT2D eigenvalue weighted by atomic mass is 19.1. The van der Waals surface area contributed by atoms with Crippen molar-refractivity contribution in [2.45, 2.75) is 6.42 Å². The lowest BCUT2D eigenvalue weighted by atomic mass is 10.1. The fourth-order valence-corrected chi connectivity index (χ4v) is 2.90. The number of hydrogen-bond donors (Lipinski definition) is 1. The minimum Gasteiger partial charge on any atom is -0.497 e. The molecule has 1 aliphatic carbocycles. The number of ether oxygens (including phenoxy) is 1. The topological polar surface area (TPSA) is 25.0 Å². The van der Waals surface area contributed by atoms with Crippen molar-refractivity contribution < 1.29 is 9.13 Å². The summed E-state index contributed by atoms with van der Waals surface area (Å²) < 4.78 is 18.5. The first-order chi connectivity index (χ1) is 9.26. The number of aromatic nitrogens is 1. The normalized spacial score (nSPS) is 12.5.